The number of nitrogens with one attached hydrogen (secondary N) is 2. The molecule has 21 heavy (non-hydrogen) atoms. The second-order valence-electron chi connectivity index (χ2n) is 4.39. The molecule has 1 aromatic carbocycles. The number of carbonyl (C=O) groups is 1. The van der Waals surface area contributed by atoms with E-state index < -0.39 is 16.2 Å². The van der Waals surface area contributed by atoms with E-state index in [0.717, 1.165) is 9.82 Å². The summed E-state index contributed by atoms with van der Waals surface area (Å²) in [6.07, 6.45) is 1.53. The van der Waals surface area contributed by atoms with E-state index in [1.54, 1.807) is 24.4 Å². The predicted octanol–water partition coefficient (Wildman–Crippen LogP) is 0.714. The van der Waals surface area contributed by atoms with Crippen molar-refractivity contribution in [2.45, 2.75) is 6.42 Å². The summed E-state index contributed by atoms with van der Waals surface area (Å²) >= 11 is 0. The quantitative estimate of drug-likeness (QED) is 0.765. The summed E-state index contributed by atoms with van der Waals surface area (Å²) in [5.41, 5.74) is 1.15. The molecule has 1 heterocycles. The molecule has 8 nitrogen and oxygen atoms in total. The molecule has 0 amide bonds. The summed E-state index contributed by atoms with van der Waals surface area (Å²) in [6, 6.07) is 5.15. The van der Waals surface area contributed by atoms with E-state index in [-0.39, 0.29) is 13.0 Å². The molecule has 0 unspecified atom stereocenters. The van der Waals surface area contributed by atoms with Gasteiger partial charge in [0, 0.05) is 19.0 Å². The van der Waals surface area contributed by atoms with Crippen LogP contribution in [0.2, 0.25) is 0 Å². The van der Waals surface area contributed by atoms with E-state index in [2.05, 4.69) is 19.7 Å². The number of esters is 1. The third-order valence-electron chi connectivity index (χ3n) is 2.99. The molecule has 1 aromatic heterocycles. The fourth-order valence-corrected chi connectivity index (χ4v) is 2.69. The van der Waals surface area contributed by atoms with Crippen LogP contribution in [0, 0.1) is 0 Å². The smallest absolute Gasteiger partial charge is 0.306 e. The lowest BCUT2D eigenvalue weighted by molar-refractivity contribution is -0.140. The van der Waals surface area contributed by atoms with E-state index in [1.807, 2.05) is 0 Å². The summed E-state index contributed by atoms with van der Waals surface area (Å²) in [4.78, 5) is 11.1. The van der Waals surface area contributed by atoms with E-state index in [0.29, 0.717) is 11.1 Å². The molecule has 2 rings (SSSR count). The Hall–Kier alpha value is -2.13. The Morgan fingerprint density at radius 3 is 2.95 bits per heavy atom. The van der Waals surface area contributed by atoms with E-state index in [4.69, 9.17) is 0 Å². The van der Waals surface area contributed by atoms with Gasteiger partial charge in [-0.2, -0.15) is 17.8 Å². The number of aromatic amines is 1. The van der Waals surface area contributed by atoms with Gasteiger partial charge in [-0.3, -0.25) is 14.6 Å². The van der Waals surface area contributed by atoms with Crippen LogP contribution in [0.15, 0.2) is 24.4 Å². The van der Waals surface area contributed by atoms with Gasteiger partial charge in [-0.15, -0.1) is 0 Å². The van der Waals surface area contributed by atoms with Crippen molar-refractivity contribution in [3.63, 3.8) is 0 Å². The number of hydrogen-bond donors (Lipinski definition) is 2. The third-order valence-corrected chi connectivity index (χ3v) is 4.47. The maximum atomic E-state index is 12.2. The van der Waals surface area contributed by atoms with Crippen molar-refractivity contribution >= 4 is 32.8 Å². The van der Waals surface area contributed by atoms with Crippen molar-refractivity contribution < 1.29 is 17.9 Å². The number of nitrogens with zero attached hydrogens (tertiary/aromatic N) is 2. The highest BCUT2D eigenvalue weighted by atomic mass is 32.2. The molecule has 0 atom stereocenters. The molecule has 0 fully saturated rings. The average Bonchev–Trinajstić information content (AvgIpc) is 2.93. The molecule has 0 radical (unpaired) electrons. The molecule has 0 saturated carbocycles. The van der Waals surface area contributed by atoms with Crippen molar-refractivity contribution in [1.29, 1.82) is 0 Å². The van der Waals surface area contributed by atoms with Crippen molar-refractivity contribution in [3.8, 4) is 0 Å². The Morgan fingerprint density at radius 1 is 1.48 bits per heavy atom. The standard InChI is InChI=1S/C12H16N4O4S/c1-16(7-6-12(17)20-2)21(18,19)15-11-5-3-4-10-9(11)8-13-14-10/h3-5,8,15H,6-7H2,1-2H3,(H,13,14). The second-order valence-corrected chi connectivity index (χ2v) is 6.17. The summed E-state index contributed by atoms with van der Waals surface area (Å²) < 4.78 is 32.4. The Kier molecular flexibility index (Phi) is 4.43. The number of H-pyrrole nitrogens is 1. The number of anilines is 1. The van der Waals surface area contributed by atoms with Gasteiger partial charge in [-0.25, -0.2) is 0 Å². The molecule has 0 saturated heterocycles. The lowest BCUT2D eigenvalue weighted by atomic mass is 10.2. The molecule has 0 aliphatic carbocycles. The molecule has 2 aromatic rings. The lowest BCUT2D eigenvalue weighted by Crippen LogP contribution is -2.34. The molecule has 114 valence electrons. The van der Waals surface area contributed by atoms with E-state index in [9.17, 15) is 13.2 Å². The molecule has 0 aliphatic rings. The highest BCUT2D eigenvalue weighted by molar-refractivity contribution is 7.90. The first-order valence-corrected chi connectivity index (χ1v) is 7.61. The van der Waals surface area contributed by atoms with Crippen LogP contribution in [0.1, 0.15) is 6.42 Å². The van der Waals surface area contributed by atoms with Gasteiger partial charge in [0.05, 0.1) is 30.9 Å². The first-order chi connectivity index (χ1) is 9.94. The fourth-order valence-electron chi connectivity index (χ4n) is 1.74. The van der Waals surface area contributed by atoms with E-state index >= 15 is 0 Å². The van der Waals surface area contributed by atoms with Crippen LogP contribution in [0.3, 0.4) is 0 Å². The van der Waals surface area contributed by atoms with Crippen molar-refractivity contribution in [2.75, 3.05) is 25.4 Å². The topological polar surface area (TPSA) is 104 Å². The van der Waals surface area contributed by atoms with Crippen LogP contribution in [-0.2, 0) is 19.7 Å². The summed E-state index contributed by atoms with van der Waals surface area (Å²) in [7, 11) is -1.10. The Balaban J connectivity index is 2.13. The first kappa shape index (κ1) is 15.3. The number of fused-ring (bicyclic) bond motifs is 1. The molecule has 0 spiro atoms. The van der Waals surface area contributed by atoms with Crippen LogP contribution in [0.5, 0.6) is 0 Å². The average molecular weight is 312 g/mol. The van der Waals surface area contributed by atoms with Gasteiger partial charge in [-0.1, -0.05) is 6.07 Å². The van der Waals surface area contributed by atoms with Crippen LogP contribution >= 0.6 is 0 Å². The summed E-state index contributed by atoms with van der Waals surface area (Å²) in [6.45, 7) is 0.0311. The number of hydrogen-bond acceptors (Lipinski definition) is 5. The number of carbonyl (C=O) groups excluding carboxylic acids is 1. The summed E-state index contributed by atoms with van der Waals surface area (Å²) in [5.74, 6) is -0.464. The largest absolute Gasteiger partial charge is 0.469 e. The highest BCUT2D eigenvalue weighted by Gasteiger charge is 2.19. The Morgan fingerprint density at radius 2 is 2.24 bits per heavy atom. The van der Waals surface area contributed by atoms with Gasteiger partial charge >= 0.3 is 16.2 Å². The number of aromatic nitrogens is 2. The first-order valence-electron chi connectivity index (χ1n) is 6.17. The normalized spacial score (nSPS) is 11.8. The second kappa shape index (κ2) is 6.10. The van der Waals surface area contributed by atoms with Crippen molar-refractivity contribution in [3.05, 3.63) is 24.4 Å². The molecule has 0 aliphatic heterocycles. The predicted molar refractivity (Wildman–Crippen MR) is 77.9 cm³/mol. The van der Waals surface area contributed by atoms with Gasteiger partial charge in [0.25, 0.3) is 0 Å². The van der Waals surface area contributed by atoms with Crippen molar-refractivity contribution in [2.24, 2.45) is 0 Å². The van der Waals surface area contributed by atoms with Crippen LogP contribution in [0.25, 0.3) is 10.9 Å². The summed E-state index contributed by atoms with van der Waals surface area (Å²) in [5, 5.41) is 7.30. The van der Waals surface area contributed by atoms with Gasteiger partial charge in [0.15, 0.2) is 0 Å². The maximum Gasteiger partial charge on any atom is 0.306 e. The number of benzene rings is 1. The lowest BCUT2D eigenvalue weighted by Gasteiger charge is -2.18. The highest BCUT2D eigenvalue weighted by Crippen LogP contribution is 2.22. The fraction of sp³-hybridized carbons (Fsp3) is 0.333. The molecule has 9 heteroatoms. The van der Waals surface area contributed by atoms with Gasteiger partial charge in [0.2, 0.25) is 0 Å². The monoisotopic (exact) mass is 312 g/mol. The minimum Gasteiger partial charge on any atom is -0.469 e. The Labute approximate surface area is 122 Å². The van der Waals surface area contributed by atoms with Crippen molar-refractivity contribution in [1.82, 2.24) is 14.5 Å². The van der Waals surface area contributed by atoms with Crippen LogP contribution in [0.4, 0.5) is 5.69 Å². The van der Waals surface area contributed by atoms with E-state index in [1.165, 1.54) is 14.2 Å². The van der Waals surface area contributed by atoms with Crippen LogP contribution < -0.4 is 4.72 Å². The number of rotatable bonds is 6. The third kappa shape index (κ3) is 3.50. The minimum atomic E-state index is -3.75. The SMILES string of the molecule is COC(=O)CCN(C)S(=O)(=O)Nc1cccc2[nH]ncc12. The Bertz CT molecular complexity index is 741. The zero-order chi connectivity index (χ0) is 15.5. The molecular weight excluding hydrogens is 296 g/mol. The number of methoxy groups -OCH3 is 1. The maximum absolute atomic E-state index is 12.2. The van der Waals surface area contributed by atoms with Crippen LogP contribution in [-0.4, -0.2) is 49.6 Å². The van der Waals surface area contributed by atoms with Gasteiger partial charge in [0.1, 0.15) is 0 Å². The molecule has 0 bridgehead atoms. The molecular formula is C12H16N4O4S. The van der Waals surface area contributed by atoms with Gasteiger partial charge in [-0.05, 0) is 12.1 Å². The minimum absolute atomic E-state index is 0.0101. The van der Waals surface area contributed by atoms with Gasteiger partial charge < -0.3 is 4.74 Å². The zero-order valence-corrected chi connectivity index (χ0v) is 12.5. The molecule has 2 N–H and O–H groups in total. The number of ether oxygens (including phenoxy) is 1. The zero-order valence-electron chi connectivity index (χ0n) is 11.7.